The highest BCUT2D eigenvalue weighted by Crippen LogP contribution is 2.11. The molecule has 0 bridgehead atoms. The maximum Gasteiger partial charge on any atom is 0.318 e. The predicted octanol–water partition coefficient (Wildman–Crippen LogP) is 1.97. The molecule has 16 heavy (non-hydrogen) atoms. The molecule has 5 heteroatoms. The quantitative estimate of drug-likeness (QED) is 0.511. The Hall–Kier alpha value is -1.36. The number of carboxylic acid groups (broad SMARTS) is 1. The van der Waals surface area contributed by atoms with Gasteiger partial charge >= 0.3 is 11.9 Å². The smallest absolute Gasteiger partial charge is 0.318 e. The SMILES string of the molecule is O=C(O)CC(=O)OC(Br)Cc1ccccc1. The average molecular weight is 287 g/mol. The van der Waals surface area contributed by atoms with Crippen LogP contribution in [-0.4, -0.2) is 22.1 Å². The summed E-state index contributed by atoms with van der Waals surface area (Å²) in [4.78, 5) is 21.3. The molecule has 0 saturated heterocycles. The van der Waals surface area contributed by atoms with Crippen LogP contribution >= 0.6 is 15.9 Å². The third kappa shape index (κ3) is 4.93. The fraction of sp³-hybridized carbons (Fsp3) is 0.273. The van der Waals surface area contributed by atoms with Gasteiger partial charge in [0.15, 0.2) is 5.01 Å². The minimum atomic E-state index is -1.19. The molecule has 0 aliphatic heterocycles. The first-order valence-corrected chi connectivity index (χ1v) is 5.59. The Kier molecular flexibility index (Phi) is 4.98. The molecular formula is C11H11BrO4. The summed E-state index contributed by atoms with van der Waals surface area (Å²) in [6.45, 7) is 0. The van der Waals surface area contributed by atoms with Crippen LogP contribution in [0.5, 0.6) is 0 Å². The lowest BCUT2D eigenvalue weighted by molar-refractivity contribution is -0.152. The summed E-state index contributed by atoms with van der Waals surface area (Å²) in [7, 11) is 0. The Morgan fingerprint density at radius 1 is 1.31 bits per heavy atom. The van der Waals surface area contributed by atoms with Crippen LogP contribution in [0.1, 0.15) is 12.0 Å². The summed E-state index contributed by atoms with van der Waals surface area (Å²) in [6.07, 6.45) is -0.108. The van der Waals surface area contributed by atoms with Gasteiger partial charge in [-0.2, -0.15) is 0 Å². The molecule has 86 valence electrons. The molecule has 0 fully saturated rings. The molecule has 0 amide bonds. The van der Waals surface area contributed by atoms with E-state index in [2.05, 4.69) is 15.9 Å². The van der Waals surface area contributed by atoms with Crippen LogP contribution in [0.4, 0.5) is 0 Å². The van der Waals surface area contributed by atoms with Crippen molar-refractivity contribution < 1.29 is 19.4 Å². The van der Waals surface area contributed by atoms with Crippen LogP contribution in [0.25, 0.3) is 0 Å². The maximum absolute atomic E-state index is 11.0. The summed E-state index contributed by atoms with van der Waals surface area (Å²) in [6, 6.07) is 9.46. The number of ether oxygens (including phenoxy) is 1. The molecule has 0 aliphatic rings. The number of carbonyl (C=O) groups excluding carboxylic acids is 1. The lowest BCUT2D eigenvalue weighted by atomic mass is 10.2. The minimum absolute atomic E-state index is 0.498. The second-order valence-corrected chi connectivity index (χ2v) is 4.18. The highest BCUT2D eigenvalue weighted by atomic mass is 79.9. The van der Waals surface area contributed by atoms with Gasteiger partial charge in [-0.25, -0.2) is 0 Å². The molecule has 1 unspecified atom stereocenters. The number of halogens is 1. The first-order valence-electron chi connectivity index (χ1n) is 4.67. The lowest BCUT2D eigenvalue weighted by Gasteiger charge is -2.10. The van der Waals surface area contributed by atoms with Crippen molar-refractivity contribution in [1.29, 1.82) is 0 Å². The van der Waals surface area contributed by atoms with Gasteiger partial charge in [0.25, 0.3) is 0 Å². The number of benzene rings is 1. The molecule has 0 radical (unpaired) electrons. The second kappa shape index (κ2) is 6.27. The van der Waals surface area contributed by atoms with Crippen molar-refractivity contribution in [3.05, 3.63) is 35.9 Å². The molecule has 1 aromatic rings. The van der Waals surface area contributed by atoms with E-state index in [-0.39, 0.29) is 0 Å². The summed E-state index contributed by atoms with van der Waals surface area (Å²) >= 11 is 3.17. The first-order chi connectivity index (χ1) is 7.58. The van der Waals surface area contributed by atoms with Crippen molar-refractivity contribution in [3.63, 3.8) is 0 Å². The number of rotatable bonds is 5. The van der Waals surface area contributed by atoms with E-state index in [0.29, 0.717) is 6.42 Å². The fourth-order valence-corrected chi connectivity index (χ4v) is 1.73. The zero-order valence-corrected chi connectivity index (χ0v) is 10.0. The van der Waals surface area contributed by atoms with Crippen LogP contribution in [0.3, 0.4) is 0 Å². The summed E-state index contributed by atoms with van der Waals surface area (Å²) < 4.78 is 4.86. The summed E-state index contributed by atoms with van der Waals surface area (Å²) in [5.74, 6) is -1.94. The van der Waals surface area contributed by atoms with Gasteiger partial charge in [0.05, 0.1) is 0 Å². The fourth-order valence-electron chi connectivity index (χ4n) is 1.15. The molecule has 1 atom stereocenters. The van der Waals surface area contributed by atoms with Crippen LogP contribution in [-0.2, 0) is 20.7 Å². The van der Waals surface area contributed by atoms with Crippen molar-refractivity contribution in [2.45, 2.75) is 17.9 Å². The molecule has 0 aliphatic carbocycles. The molecule has 1 N–H and O–H groups in total. The van der Waals surface area contributed by atoms with E-state index in [1.807, 2.05) is 30.3 Å². The van der Waals surface area contributed by atoms with E-state index in [9.17, 15) is 9.59 Å². The van der Waals surface area contributed by atoms with Crippen LogP contribution in [0, 0.1) is 0 Å². The van der Waals surface area contributed by atoms with Gasteiger partial charge in [0.1, 0.15) is 6.42 Å². The van der Waals surface area contributed by atoms with Crippen molar-refractivity contribution in [2.75, 3.05) is 0 Å². The standard InChI is InChI=1S/C11H11BrO4/c12-9(16-11(15)7-10(13)14)6-8-4-2-1-3-5-8/h1-5,9H,6-7H2,(H,13,14). The normalized spacial score (nSPS) is 11.8. The van der Waals surface area contributed by atoms with Gasteiger partial charge in [-0.05, 0) is 21.5 Å². The highest BCUT2D eigenvalue weighted by Gasteiger charge is 2.14. The number of carbonyl (C=O) groups is 2. The number of alkyl halides is 1. The van der Waals surface area contributed by atoms with Crippen LogP contribution < -0.4 is 0 Å². The van der Waals surface area contributed by atoms with Gasteiger partial charge in [0, 0.05) is 6.42 Å². The Bertz CT molecular complexity index is 364. The second-order valence-electron chi connectivity index (χ2n) is 3.16. The van der Waals surface area contributed by atoms with Crippen molar-refractivity contribution in [1.82, 2.24) is 0 Å². The Balaban J connectivity index is 2.39. The van der Waals surface area contributed by atoms with Gasteiger partial charge in [-0.3, -0.25) is 9.59 Å². The molecule has 4 nitrogen and oxygen atoms in total. The average Bonchev–Trinajstić information content (AvgIpc) is 2.17. The monoisotopic (exact) mass is 286 g/mol. The topological polar surface area (TPSA) is 63.6 Å². The molecule has 0 aromatic heterocycles. The maximum atomic E-state index is 11.0. The number of hydrogen-bond acceptors (Lipinski definition) is 3. The van der Waals surface area contributed by atoms with E-state index in [1.165, 1.54) is 0 Å². The minimum Gasteiger partial charge on any atom is -0.481 e. The zero-order chi connectivity index (χ0) is 12.0. The van der Waals surface area contributed by atoms with E-state index in [4.69, 9.17) is 9.84 Å². The lowest BCUT2D eigenvalue weighted by Crippen LogP contribution is -2.17. The third-order valence-corrected chi connectivity index (χ3v) is 2.30. The molecule has 1 aromatic carbocycles. The Morgan fingerprint density at radius 2 is 1.94 bits per heavy atom. The molecule has 0 spiro atoms. The Morgan fingerprint density at radius 3 is 2.50 bits per heavy atom. The third-order valence-electron chi connectivity index (χ3n) is 1.79. The molecule has 0 heterocycles. The molecule has 1 rings (SSSR count). The van der Waals surface area contributed by atoms with Gasteiger partial charge in [-0.1, -0.05) is 30.3 Å². The highest BCUT2D eigenvalue weighted by molar-refractivity contribution is 9.09. The molecular weight excluding hydrogens is 276 g/mol. The predicted molar refractivity (Wildman–Crippen MR) is 61.2 cm³/mol. The molecule has 0 saturated carbocycles. The van der Waals surface area contributed by atoms with E-state index in [1.54, 1.807) is 0 Å². The summed E-state index contributed by atoms with van der Waals surface area (Å²) in [5.41, 5.74) is 1.01. The van der Waals surface area contributed by atoms with Crippen LogP contribution in [0.2, 0.25) is 0 Å². The van der Waals surface area contributed by atoms with E-state index >= 15 is 0 Å². The largest absolute Gasteiger partial charge is 0.481 e. The number of aliphatic carboxylic acids is 1. The zero-order valence-electron chi connectivity index (χ0n) is 8.43. The van der Waals surface area contributed by atoms with Crippen LogP contribution in [0.15, 0.2) is 30.3 Å². The van der Waals surface area contributed by atoms with Crippen molar-refractivity contribution in [2.24, 2.45) is 0 Å². The summed E-state index contributed by atoms with van der Waals surface area (Å²) in [5, 5.41) is 7.87. The number of esters is 1. The van der Waals surface area contributed by atoms with E-state index in [0.717, 1.165) is 5.56 Å². The Labute approximate surface area is 101 Å². The van der Waals surface area contributed by atoms with Crippen molar-refractivity contribution in [3.8, 4) is 0 Å². The van der Waals surface area contributed by atoms with Gasteiger partial charge in [-0.15, -0.1) is 0 Å². The van der Waals surface area contributed by atoms with Gasteiger partial charge in [0.2, 0.25) is 0 Å². The number of carboxylic acids is 1. The van der Waals surface area contributed by atoms with Gasteiger partial charge < -0.3 is 9.84 Å². The number of hydrogen-bond donors (Lipinski definition) is 1. The van der Waals surface area contributed by atoms with E-state index < -0.39 is 23.4 Å². The van der Waals surface area contributed by atoms with Crippen molar-refractivity contribution >= 4 is 27.9 Å². The first kappa shape index (κ1) is 12.7.